The van der Waals surface area contributed by atoms with Crippen LogP contribution in [0.25, 0.3) is 0 Å². The van der Waals surface area contributed by atoms with Gasteiger partial charge in [-0.3, -0.25) is 0 Å². The van der Waals surface area contributed by atoms with E-state index in [-0.39, 0.29) is 22.1 Å². The minimum Gasteiger partial charge on any atom is -0.478 e. The maximum atomic E-state index is 12.4. The Kier molecular flexibility index (Phi) is 4.09. The number of halogens is 4. The first-order valence-electron chi connectivity index (χ1n) is 5.66. The van der Waals surface area contributed by atoms with Gasteiger partial charge in [-0.05, 0) is 36.4 Å². The summed E-state index contributed by atoms with van der Waals surface area (Å²) in [6.45, 7) is 0. The summed E-state index contributed by atoms with van der Waals surface area (Å²) < 4.78 is 42.6. The first kappa shape index (κ1) is 15.2. The number of aromatic carboxylic acids is 1. The fraction of sp³-hybridized carbons (Fsp3) is 0.0714. The number of carboxylic acid groups (broad SMARTS) is 1. The summed E-state index contributed by atoms with van der Waals surface area (Å²) in [5.41, 5.74) is -1.07. The van der Waals surface area contributed by atoms with E-state index in [1.165, 1.54) is 18.2 Å². The minimum absolute atomic E-state index is 0.0214. The molecule has 0 fully saturated rings. The van der Waals surface area contributed by atoms with Gasteiger partial charge in [0.05, 0.1) is 10.6 Å². The molecule has 0 radical (unpaired) electrons. The van der Waals surface area contributed by atoms with Gasteiger partial charge in [-0.15, -0.1) is 0 Å². The van der Waals surface area contributed by atoms with E-state index in [0.29, 0.717) is 0 Å². The molecule has 3 nitrogen and oxygen atoms in total. The van der Waals surface area contributed by atoms with Gasteiger partial charge in [0.15, 0.2) is 0 Å². The van der Waals surface area contributed by atoms with E-state index in [2.05, 4.69) is 0 Å². The van der Waals surface area contributed by atoms with Crippen molar-refractivity contribution in [3.63, 3.8) is 0 Å². The van der Waals surface area contributed by atoms with Crippen LogP contribution in [-0.2, 0) is 6.18 Å². The predicted octanol–water partition coefficient (Wildman–Crippen LogP) is 4.85. The van der Waals surface area contributed by atoms with E-state index in [0.717, 1.165) is 24.3 Å². The van der Waals surface area contributed by atoms with Gasteiger partial charge in [-0.25, -0.2) is 4.79 Å². The summed E-state index contributed by atoms with van der Waals surface area (Å²) in [5, 5.41) is 9.04. The number of hydrogen-bond donors (Lipinski definition) is 1. The molecule has 110 valence electrons. The highest BCUT2D eigenvalue weighted by Gasteiger charge is 2.30. The molecule has 0 aliphatic heterocycles. The van der Waals surface area contributed by atoms with Crippen molar-refractivity contribution in [3.05, 3.63) is 58.6 Å². The van der Waals surface area contributed by atoms with Gasteiger partial charge in [-0.2, -0.15) is 13.2 Å². The zero-order valence-corrected chi connectivity index (χ0v) is 11.1. The van der Waals surface area contributed by atoms with E-state index < -0.39 is 17.7 Å². The molecule has 0 amide bonds. The summed E-state index contributed by atoms with van der Waals surface area (Å²) in [6, 6.07) is 8.14. The maximum absolute atomic E-state index is 12.4. The number of alkyl halides is 3. The first-order chi connectivity index (χ1) is 9.79. The average molecular weight is 317 g/mol. The lowest BCUT2D eigenvalue weighted by molar-refractivity contribution is -0.137. The largest absolute Gasteiger partial charge is 0.478 e. The monoisotopic (exact) mass is 316 g/mol. The zero-order valence-electron chi connectivity index (χ0n) is 10.3. The Bertz CT molecular complexity index is 666. The molecule has 2 aromatic carbocycles. The van der Waals surface area contributed by atoms with E-state index in [1.807, 2.05) is 0 Å². The third-order valence-corrected chi connectivity index (χ3v) is 2.91. The van der Waals surface area contributed by atoms with Gasteiger partial charge < -0.3 is 9.84 Å². The highest BCUT2D eigenvalue weighted by Crippen LogP contribution is 2.33. The molecule has 7 heteroatoms. The fourth-order valence-electron chi connectivity index (χ4n) is 1.64. The number of carboxylic acids is 1. The SMILES string of the molecule is O=C(O)c1c(Cl)cccc1Oc1ccc(C(F)(F)F)cc1. The molecule has 21 heavy (non-hydrogen) atoms. The van der Waals surface area contributed by atoms with E-state index in [1.54, 1.807) is 0 Å². The maximum Gasteiger partial charge on any atom is 0.416 e. The Hall–Kier alpha value is -2.21. The highest BCUT2D eigenvalue weighted by molar-refractivity contribution is 6.33. The van der Waals surface area contributed by atoms with Crippen LogP contribution in [0.15, 0.2) is 42.5 Å². The number of hydrogen-bond acceptors (Lipinski definition) is 2. The highest BCUT2D eigenvalue weighted by atomic mass is 35.5. The van der Waals surface area contributed by atoms with Crippen LogP contribution in [0.4, 0.5) is 13.2 Å². The number of ether oxygens (including phenoxy) is 1. The van der Waals surface area contributed by atoms with Crippen molar-refractivity contribution in [1.29, 1.82) is 0 Å². The smallest absolute Gasteiger partial charge is 0.416 e. The molecule has 0 saturated heterocycles. The molecule has 1 N–H and O–H groups in total. The van der Waals surface area contributed by atoms with Crippen molar-refractivity contribution in [3.8, 4) is 11.5 Å². The van der Waals surface area contributed by atoms with Crippen LogP contribution in [0.3, 0.4) is 0 Å². The molecule has 0 spiro atoms. The van der Waals surface area contributed by atoms with Crippen molar-refractivity contribution < 1.29 is 27.8 Å². The summed E-state index contributed by atoms with van der Waals surface area (Å²) in [4.78, 5) is 11.1. The van der Waals surface area contributed by atoms with Crippen LogP contribution in [0.2, 0.25) is 5.02 Å². The van der Waals surface area contributed by atoms with Crippen molar-refractivity contribution in [1.82, 2.24) is 0 Å². The fourth-order valence-corrected chi connectivity index (χ4v) is 1.88. The second kappa shape index (κ2) is 5.65. The summed E-state index contributed by atoms with van der Waals surface area (Å²) in [5.74, 6) is -1.26. The number of carbonyl (C=O) groups is 1. The Balaban J connectivity index is 2.31. The molecular weight excluding hydrogens is 309 g/mol. The lowest BCUT2D eigenvalue weighted by atomic mass is 10.2. The first-order valence-corrected chi connectivity index (χ1v) is 6.04. The Labute approximate surface area is 122 Å². The van der Waals surface area contributed by atoms with Gasteiger partial charge in [-0.1, -0.05) is 17.7 Å². The predicted molar refractivity (Wildman–Crippen MR) is 69.9 cm³/mol. The van der Waals surface area contributed by atoms with Crippen molar-refractivity contribution >= 4 is 17.6 Å². The third kappa shape index (κ3) is 3.46. The molecule has 0 saturated carbocycles. The number of benzene rings is 2. The second-order valence-corrected chi connectivity index (χ2v) is 4.45. The lowest BCUT2D eigenvalue weighted by Crippen LogP contribution is -2.04. The quantitative estimate of drug-likeness (QED) is 0.880. The van der Waals surface area contributed by atoms with Crippen LogP contribution in [0.5, 0.6) is 11.5 Å². The third-order valence-electron chi connectivity index (χ3n) is 2.60. The lowest BCUT2D eigenvalue weighted by Gasteiger charge is -2.11. The van der Waals surface area contributed by atoms with E-state index in [9.17, 15) is 18.0 Å². The van der Waals surface area contributed by atoms with Crippen molar-refractivity contribution in [2.24, 2.45) is 0 Å². The molecule has 0 aromatic heterocycles. The molecule has 0 aliphatic carbocycles. The summed E-state index contributed by atoms with van der Waals surface area (Å²) in [6.07, 6.45) is -4.44. The Morgan fingerprint density at radius 3 is 2.24 bits per heavy atom. The summed E-state index contributed by atoms with van der Waals surface area (Å²) >= 11 is 5.77. The second-order valence-electron chi connectivity index (χ2n) is 4.04. The van der Waals surface area contributed by atoms with E-state index >= 15 is 0 Å². The van der Waals surface area contributed by atoms with Gasteiger partial charge >= 0.3 is 12.1 Å². The minimum atomic E-state index is -4.44. The van der Waals surface area contributed by atoms with Crippen LogP contribution in [0, 0.1) is 0 Å². The molecule has 0 heterocycles. The van der Waals surface area contributed by atoms with Gasteiger partial charge in [0.25, 0.3) is 0 Å². The van der Waals surface area contributed by atoms with Crippen LogP contribution < -0.4 is 4.74 Å². The van der Waals surface area contributed by atoms with E-state index in [4.69, 9.17) is 21.4 Å². The van der Waals surface area contributed by atoms with Gasteiger partial charge in [0, 0.05) is 0 Å². The molecule has 2 aromatic rings. The summed E-state index contributed by atoms with van der Waals surface area (Å²) in [7, 11) is 0. The zero-order chi connectivity index (χ0) is 15.6. The van der Waals surface area contributed by atoms with Gasteiger partial charge in [0.1, 0.15) is 17.1 Å². The van der Waals surface area contributed by atoms with Crippen molar-refractivity contribution in [2.45, 2.75) is 6.18 Å². The van der Waals surface area contributed by atoms with Crippen molar-refractivity contribution in [2.75, 3.05) is 0 Å². The molecule has 0 atom stereocenters. The van der Waals surface area contributed by atoms with Crippen LogP contribution in [-0.4, -0.2) is 11.1 Å². The average Bonchev–Trinajstić information content (AvgIpc) is 2.38. The van der Waals surface area contributed by atoms with Gasteiger partial charge in [0.2, 0.25) is 0 Å². The standard InChI is InChI=1S/C14H8ClF3O3/c15-10-2-1-3-11(12(10)13(19)20)21-9-6-4-8(5-7-9)14(16,17)18/h1-7H,(H,19,20). The van der Waals surface area contributed by atoms with Crippen LogP contribution >= 0.6 is 11.6 Å². The molecule has 2 rings (SSSR count). The Morgan fingerprint density at radius 1 is 1.10 bits per heavy atom. The molecular formula is C14H8ClF3O3. The topological polar surface area (TPSA) is 46.5 Å². The number of rotatable bonds is 3. The molecule has 0 aliphatic rings. The molecule has 0 unspecified atom stereocenters. The molecule has 0 bridgehead atoms. The Morgan fingerprint density at radius 2 is 1.71 bits per heavy atom. The normalized spacial score (nSPS) is 11.2. The van der Waals surface area contributed by atoms with Crippen LogP contribution in [0.1, 0.15) is 15.9 Å².